The molecule has 2 nitrogen and oxygen atoms in total. The quantitative estimate of drug-likeness (QED) is 0.856. The number of halogens is 1. The standard InChI is InChI=1S/C17H18ClNOS/c1-2-15(17(19)20)21-16(12-6-4-3-5-7-12)13-8-10-14(18)11-9-13/h3-11,15-16H,2H2,1H3,(H2,19,20). The molecule has 0 heterocycles. The largest absolute Gasteiger partial charge is 0.369 e. The van der Waals surface area contributed by atoms with Gasteiger partial charge in [0.05, 0.1) is 10.5 Å². The van der Waals surface area contributed by atoms with Crippen molar-refractivity contribution in [1.29, 1.82) is 0 Å². The highest BCUT2D eigenvalue weighted by atomic mass is 35.5. The number of hydrogen-bond acceptors (Lipinski definition) is 2. The Bertz CT molecular complexity index is 585. The van der Waals surface area contributed by atoms with Gasteiger partial charge in [0.15, 0.2) is 0 Å². The highest BCUT2D eigenvalue weighted by Crippen LogP contribution is 2.39. The summed E-state index contributed by atoms with van der Waals surface area (Å²) in [4.78, 5) is 11.6. The van der Waals surface area contributed by atoms with Gasteiger partial charge in [0.25, 0.3) is 0 Å². The maximum atomic E-state index is 11.6. The fourth-order valence-corrected chi connectivity index (χ4v) is 3.55. The summed E-state index contributed by atoms with van der Waals surface area (Å²) in [6.07, 6.45) is 0.719. The first-order valence-electron chi connectivity index (χ1n) is 6.87. The molecule has 2 unspecified atom stereocenters. The SMILES string of the molecule is CCC(SC(c1ccccc1)c1ccc(Cl)cc1)C(N)=O. The number of nitrogens with two attached hydrogens (primary N) is 1. The van der Waals surface area contributed by atoms with Crippen molar-refractivity contribution in [3.63, 3.8) is 0 Å². The highest BCUT2D eigenvalue weighted by molar-refractivity contribution is 8.01. The molecule has 0 fully saturated rings. The predicted octanol–water partition coefficient (Wildman–Crippen LogP) is 4.43. The van der Waals surface area contributed by atoms with Crippen LogP contribution >= 0.6 is 23.4 Å². The summed E-state index contributed by atoms with van der Waals surface area (Å²) in [6, 6.07) is 17.9. The van der Waals surface area contributed by atoms with Crippen molar-refractivity contribution in [3.05, 3.63) is 70.7 Å². The Hall–Kier alpha value is -1.45. The molecule has 0 saturated heterocycles. The number of rotatable bonds is 6. The number of thioether (sulfide) groups is 1. The van der Waals surface area contributed by atoms with E-state index in [0.29, 0.717) is 5.02 Å². The van der Waals surface area contributed by atoms with Crippen LogP contribution in [0.25, 0.3) is 0 Å². The van der Waals surface area contributed by atoms with Crippen LogP contribution in [-0.2, 0) is 4.79 Å². The zero-order valence-electron chi connectivity index (χ0n) is 11.8. The Balaban J connectivity index is 2.35. The predicted molar refractivity (Wildman–Crippen MR) is 90.6 cm³/mol. The number of hydrogen-bond donors (Lipinski definition) is 1. The third-order valence-corrected chi connectivity index (χ3v) is 5.23. The summed E-state index contributed by atoms with van der Waals surface area (Å²) < 4.78 is 0. The minimum absolute atomic E-state index is 0.0703. The van der Waals surface area contributed by atoms with Gasteiger partial charge in [-0.1, -0.05) is 61.0 Å². The molecule has 0 aromatic heterocycles. The van der Waals surface area contributed by atoms with Gasteiger partial charge in [0, 0.05) is 5.02 Å². The molecule has 1 amide bonds. The second-order valence-corrected chi connectivity index (χ2v) is 6.53. The van der Waals surface area contributed by atoms with Gasteiger partial charge in [-0.05, 0) is 29.7 Å². The highest BCUT2D eigenvalue weighted by Gasteiger charge is 2.22. The van der Waals surface area contributed by atoms with Crippen molar-refractivity contribution in [2.45, 2.75) is 23.8 Å². The van der Waals surface area contributed by atoms with E-state index in [2.05, 4.69) is 12.1 Å². The maximum Gasteiger partial charge on any atom is 0.230 e. The molecular formula is C17H18ClNOS. The molecule has 0 bridgehead atoms. The third-order valence-electron chi connectivity index (χ3n) is 3.26. The van der Waals surface area contributed by atoms with E-state index in [0.717, 1.165) is 17.5 Å². The Morgan fingerprint density at radius 1 is 1.10 bits per heavy atom. The summed E-state index contributed by atoms with van der Waals surface area (Å²) in [5.41, 5.74) is 7.77. The van der Waals surface area contributed by atoms with Crippen LogP contribution in [0.3, 0.4) is 0 Å². The first-order chi connectivity index (χ1) is 10.1. The van der Waals surface area contributed by atoms with Gasteiger partial charge in [-0.15, -0.1) is 11.8 Å². The van der Waals surface area contributed by atoms with Crippen LogP contribution in [0.5, 0.6) is 0 Å². The first-order valence-corrected chi connectivity index (χ1v) is 8.19. The molecular weight excluding hydrogens is 302 g/mol. The van der Waals surface area contributed by atoms with Crippen LogP contribution in [0.15, 0.2) is 54.6 Å². The Morgan fingerprint density at radius 3 is 2.19 bits per heavy atom. The molecule has 0 aliphatic rings. The fraction of sp³-hybridized carbons (Fsp3) is 0.235. The Labute approximate surface area is 134 Å². The molecule has 0 aliphatic carbocycles. The average Bonchev–Trinajstić information content (AvgIpc) is 2.50. The fourth-order valence-electron chi connectivity index (χ4n) is 2.14. The van der Waals surface area contributed by atoms with Crippen molar-refractivity contribution in [3.8, 4) is 0 Å². The van der Waals surface area contributed by atoms with Crippen molar-refractivity contribution in [2.24, 2.45) is 5.73 Å². The zero-order valence-corrected chi connectivity index (χ0v) is 13.4. The molecule has 2 rings (SSSR count). The summed E-state index contributed by atoms with van der Waals surface area (Å²) in [6.45, 7) is 1.98. The van der Waals surface area contributed by atoms with Crippen LogP contribution < -0.4 is 5.73 Å². The summed E-state index contributed by atoms with van der Waals surface area (Å²) in [7, 11) is 0. The van der Waals surface area contributed by atoms with Crippen LogP contribution in [0.2, 0.25) is 5.02 Å². The number of amides is 1. The van der Waals surface area contributed by atoms with Crippen LogP contribution in [0.4, 0.5) is 0 Å². The van der Waals surface area contributed by atoms with Crippen molar-refractivity contribution < 1.29 is 4.79 Å². The van der Waals surface area contributed by atoms with Gasteiger partial charge in [-0.2, -0.15) is 0 Å². The first kappa shape index (κ1) is 15.9. The second-order valence-electron chi connectivity index (χ2n) is 4.78. The van der Waals surface area contributed by atoms with E-state index in [9.17, 15) is 4.79 Å². The zero-order chi connectivity index (χ0) is 15.2. The van der Waals surface area contributed by atoms with Crippen molar-refractivity contribution in [1.82, 2.24) is 0 Å². The van der Waals surface area contributed by atoms with E-state index in [4.69, 9.17) is 17.3 Å². The topological polar surface area (TPSA) is 43.1 Å². The normalized spacial score (nSPS) is 13.6. The van der Waals surface area contributed by atoms with Crippen LogP contribution in [-0.4, -0.2) is 11.2 Å². The molecule has 0 spiro atoms. The second kappa shape index (κ2) is 7.53. The number of benzene rings is 2. The molecule has 0 radical (unpaired) electrons. The molecule has 2 N–H and O–H groups in total. The van der Waals surface area contributed by atoms with Crippen molar-refractivity contribution >= 4 is 29.3 Å². The van der Waals surface area contributed by atoms with E-state index in [1.807, 2.05) is 49.4 Å². The van der Waals surface area contributed by atoms with E-state index in [1.165, 1.54) is 0 Å². The van der Waals surface area contributed by atoms with Gasteiger partial charge in [0.2, 0.25) is 5.91 Å². The molecule has 21 heavy (non-hydrogen) atoms. The van der Waals surface area contributed by atoms with E-state index < -0.39 is 0 Å². The molecule has 0 saturated carbocycles. The third kappa shape index (κ3) is 4.26. The lowest BCUT2D eigenvalue weighted by molar-refractivity contribution is -0.117. The van der Waals surface area contributed by atoms with Gasteiger partial charge in [-0.25, -0.2) is 0 Å². The summed E-state index contributed by atoms with van der Waals surface area (Å²) in [5.74, 6) is -0.266. The van der Waals surface area contributed by atoms with E-state index in [1.54, 1.807) is 11.8 Å². The summed E-state index contributed by atoms with van der Waals surface area (Å²) in [5, 5.41) is 0.573. The number of carbonyl (C=O) groups excluding carboxylic acids is 1. The number of primary amides is 1. The minimum atomic E-state index is -0.266. The molecule has 4 heteroatoms. The average molecular weight is 320 g/mol. The van der Waals surface area contributed by atoms with Gasteiger partial charge >= 0.3 is 0 Å². The van der Waals surface area contributed by atoms with Gasteiger partial charge < -0.3 is 5.73 Å². The van der Waals surface area contributed by atoms with E-state index >= 15 is 0 Å². The lowest BCUT2D eigenvalue weighted by atomic mass is 10.0. The molecule has 2 atom stereocenters. The smallest absolute Gasteiger partial charge is 0.230 e. The molecule has 2 aromatic carbocycles. The summed E-state index contributed by atoms with van der Waals surface area (Å²) >= 11 is 7.56. The lowest BCUT2D eigenvalue weighted by Gasteiger charge is -2.21. The minimum Gasteiger partial charge on any atom is -0.369 e. The van der Waals surface area contributed by atoms with Crippen LogP contribution in [0, 0.1) is 0 Å². The molecule has 0 aliphatic heterocycles. The molecule has 2 aromatic rings. The molecule has 110 valence electrons. The monoisotopic (exact) mass is 319 g/mol. The maximum absolute atomic E-state index is 11.6. The Kier molecular flexibility index (Phi) is 5.71. The van der Waals surface area contributed by atoms with Gasteiger partial charge in [-0.3, -0.25) is 4.79 Å². The van der Waals surface area contributed by atoms with Crippen molar-refractivity contribution in [2.75, 3.05) is 0 Å². The van der Waals surface area contributed by atoms with Gasteiger partial charge in [0.1, 0.15) is 0 Å². The van der Waals surface area contributed by atoms with Crippen LogP contribution in [0.1, 0.15) is 29.7 Å². The number of carbonyl (C=O) groups is 1. The lowest BCUT2D eigenvalue weighted by Crippen LogP contribution is -2.26. The van der Waals surface area contributed by atoms with E-state index in [-0.39, 0.29) is 16.4 Å². The Morgan fingerprint density at radius 2 is 1.67 bits per heavy atom.